The summed E-state index contributed by atoms with van der Waals surface area (Å²) in [7, 11) is 0. The molecule has 7 heteroatoms. The fourth-order valence-corrected chi connectivity index (χ4v) is 2.76. The standard InChI is InChI=1S/C20H29N3O4/c1-14(2)15(3)21-18(24)13-27-19(25)16-9-11-23(12-10-16)20(26)22-17-7-5-4-6-8-17/h4-8,14-16H,9-13H2,1-3H3,(H,21,24)(H,22,26)/t15-/m1/s1. The summed E-state index contributed by atoms with van der Waals surface area (Å²) in [5.41, 5.74) is 0.741. The first-order valence-electron chi connectivity index (χ1n) is 9.43. The van der Waals surface area contributed by atoms with E-state index in [9.17, 15) is 14.4 Å². The predicted octanol–water partition coefficient (Wildman–Crippen LogP) is 2.63. The van der Waals surface area contributed by atoms with Crippen molar-refractivity contribution in [1.29, 1.82) is 0 Å². The Bertz CT molecular complexity index is 640. The van der Waals surface area contributed by atoms with Crippen LogP contribution < -0.4 is 10.6 Å². The maximum atomic E-state index is 12.3. The number of carbonyl (C=O) groups excluding carboxylic acids is 3. The van der Waals surface area contributed by atoms with Gasteiger partial charge in [0.25, 0.3) is 5.91 Å². The molecule has 0 radical (unpaired) electrons. The normalized spacial score (nSPS) is 15.9. The molecule has 1 atom stereocenters. The van der Waals surface area contributed by atoms with Gasteiger partial charge in [0, 0.05) is 24.8 Å². The Kier molecular flexibility index (Phi) is 7.64. The first kappa shape index (κ1) is 20.7. The van der Waals surface area contributed by atoms with E-state index < -0.39 is 0 Å². The lowest BCUT2D eigenvalue weighted by Crippen LogP contribution is -2.43. The van der Waals surface area contributed by atoms with Crippen LogP contribution in [0, 0.1) is 11.8 Å². The molecule has 3 amide bonds. The zero-order valence-corrected chi connectivity index (χ0v) is 16.2. The van der Waals surface area contributed by atoms with Crippen LogP contribution in [0.15, 0.2) is 30.3 Å². The first-order valence-corrected chi connectivity index (χ1v) is 9.43. The van der Waals surface area contributed by atoms with Crippen molar-refractivity contribution in [2.45, 2.75) is 39.7 Å². The number of carbonyl (C=O) groups is 3. The van der Waals surface area contributed by atoms with Crippen LogP contribution in [-0.2, 0) is 14.3 Å². The molecule has 0 aromatic heterocycles. The van der Waals surface area contributed by atoms with Gasteiger partial charge in [0.15, 0.2) is 6.61 Å². The maximum Gasteiger partial charge on any atom is 0.321 e. The molecule has 1 aromatic carbocycles. The number of nitrogens with zero attached hydrogens (tertiary/aromatic N) is 1. The first-order chi connectivity index (χ1) is 12.9. The highest BCUT2D eigenvalue weighted by atomic mass is 16.5. The minimum absolute atomic E-state index is 0.0302. The largest absolute Gasteiger partial charge is 0.455 e. The molecule has 2 N–H and O–H groups in total. The summed E-state index contributed by atoms with van der Waals surface area (Å²) >= 11 is 0. The number of rotatable bonds is 6. The molecule has 27 heavy (non-hydrogen) atoms. The summed E-state index contributed by atoms with van der Waals surface area (Å²) in [6.45, 7) is 6.65. The Morgan fingerprint density at radius 1 is 1.11 bits per heavy atom. The van der Waals surface area contributed by atoms with Crippen LogP contribution in [0.3, 0.4) is 0 Å². The number of likely N-dealkylation sites (tertiary alicyclic amines) is 1. The van der Waals surface area contributed by atoms with Crippen LogP contribution in [0.1, 0.15) is 33.6 Å². The third-order valence-corrected chi connectivity index (χ3v) is 4.87. The highest BCUT2D eigenvalue weighted by Crippen LogP contribution is 2.19. The van der Waals surface area contributed by atoms with Crippen molar-refractivity contribution < 1.29 is 19.1 Å². The van der Waals surface area contributed by atoms with Gasteiger partial charge in [0.2, 0.25) is 0 Å². The molecule has 1 saturated heterocycles. The molecule has 1 heterocycles. The zero-order valence-electron chi connectivity index (χ0n) is 16.2. The number of nitrogens with one attached hydrogen (secondary N) is 2. The smallest absolute Gasteiger partial charge is 0.321 e. The molecular formula is C20H29N3O4. The van der Waals surface area contributed by atoms with Gasteiger partial charge in [0.1, 0.15) is 0 Å². The van der Waals surface area contributed by atoms with Gasteiger partial charge in [-0.05, 0) is 37.8 Å². The third-order valence-electron chi connectivity index (χ3n) is 4.87. The van der Waals surface area contributed by atoms with Crippen molar-refractivity contribution in [3.8, 4) is 0 Å². The number of hydrogen-bond acceptors (Lipinski definition) is 4. The second kappa shape index (κ2) is 9.94. The number of urea groups is 1. The molecule has 1 aliphatic heterocycles. The van der Waals surface area contributed by atoms with Gasteiger partial charge in [-0.25, -0.2) is 4.79 Å². The van der Waals surface area contributed by atoms with Crippen molar-refractivity contribution in [2.24, 2.45) is 11.8 Å². The number of ether oxygens (including phenoxy) is 1. The minimum Gasteiger partial charge on any atom is -0.455 e. The van der Waals surface area contributed by atoms with Crippen LogP contribution in [-0.4, -0.2) is 48.5 Å². The van der Waals surface area contributed by atoms with Gasteiger partial charge in [-0.2, -0.15) is 0 Å². The Balaban J connectivity index is 1.71. The van der Waals surface area contributed by atoms with Crippen molar-refractivity contribution >= 4 is 23.6 Å². The van der Waals surface area contributed by atoms with Gasteiger partial charge in [-0.15, -0.1) is 0 Å². The number of hydrogen-bond donors (Lipinski definition) is 2. The Labute approximate surface area is 160 Å². The molecule has 0 spiro atoms. The molecular weight excluding hydrogens is 346 g/mol. The van der Waals surface area contributed by atoms with Gasteiger partial charge < -0.3 is 20.3 Å². The number of esters is 1. The molecule has 0 unspecified atom stereocenters. The average molecular weight is 375 g/mol. The molecule has 0 saturated carbocycles. The minimum atomic E-state index is -0.370. The van der Waals surface area contributed by atoms with Gasteiger partial charge in [0.05, 0.1) is 5.92 Å². The van der Waals surface area contributed by atoms with Crippen LogP contribution in [0.25, 0.3) is 0 Å². The molecule has 1 fully saturated rings. The molecule has 0 aliphatic carbocycles. The van der Waals surface area contributed by atoms with E-state index in [4.69, 9.17) is 4.74 Å². The van der Waals surface area contributed by atoms with E-state index in [-0.39, 0.29) is 36.5 Å². The van der Waals surface area contributed by atoms with E-state index >= 15 is 0 Å². The lowest BCUT2D eigenvalue weighted by atomic mass is 9.97. The van der Waals surface area contributed by atoms with Gasteiger partial charge in [-0.3, -0.25) is 9.59 Å². The van der Waals surface area contributed by atoms with Crippen molar-refractivity contribution in [3.05, 3.63) is 30.3 Å². The SMILES string of the molecule is CC(C)[C@@H](C)NC(=O)COC(=O)C1CCN(C(=O)Nc2ccccc2)CC1. The summed E-state index contributed by atoms with van der Waals surface area (Å²) in [5, 5.41) is 5.65. The fourth-order valence-electron chi connectivity index (χ4n) is 2.76. The Morgan fingerprint density at radius 3 is 2.33 bits per heavy atom. The molecule has 7 nitrogen and oxygen atoms in total. The Morgan fingerprint density at radius 2 is 1.74 bits per heavy atom. The van der Waals surface area contributed by atoms with E-state index in [1.807, 2.05) is 51.1 Å². The van der Waals surface area contributed by atoms with Crippen LogP contribution in [0.2, 0.25) is 0 Å². The quantitative estimate of drug-likeness (QED) is 0.748. The fraction of sp³-hybridized carbons (Fsp3) is 0.550. The number of amides is 3. The molecule has 1 aromatic rings. The number of benzene rings is 1. The van der Waals surface area contributed by atoms with E-state index in [2.05, 4.69) is 10.6 Å². The summed E-state index contributed by atoms with van der Waals surface area (Å²) in [4.78, 5) is 37.9. The second-order valence-electron chi connectivity index (χ2n) is 7.27. The predicted molar refractivity (Wildman–Crippen MR) is 103 cm³/mol. The van der Waals surface area contributed by atoms with Crippen molar-refractivity contribution in [2.75, 3.05) is 25.0 Å². The average Bonchev–Trinajstić information content (AvgIpc) is 2.66. The van der Waals surface area contributed by atoms with Crippen LogP contribution in [0.4, 0.5) is 10.5 Å². The highest BCUT2D eigenvalue weighted by molar-refractivity contribution is 5.89. The van der Waals surface area contributed by atoms with Crippen LogP contribution >= 0.6 is 0 Å². The summed E-state index contributed by atoms with van der Waals surface area (Å²) in [6.07, 6.45) is 1.07. The number of para-hydroxylation sites is 1. The molecule has 2 rings (SSSR count). The molecule has 148 valence electrons. The summed E-state index contributed by atoms with van der Waals surface area (Å²) in [5.74, 6) is -0.619. The van der Waals surface area contributed by atoms with Gasteiger partial charge in [-0.1, -0.05) is 32.0 Å². The van der Waals surface area contributed by atoms with E-state index in [0.29, 0.717) is 31.8 Å². The van der Waals surface area contributed by atoms with E-state index in [1.54, 1.807) is 4.90 Å². The third kappa shape index (κ3) is 6.58. The number of piperidine rings is 1. The second-order valence-corrected chi connectivity index (χ2v) is 7.27. The summed E-state index contributed by atoms with van der Waals surface area (Å²) in [6, 6.07) is 9.11. The maximum absolute atomic E-state index is 12.3. The molecule has 1 aliphatic rings. The van der Waals surface area contributed by atoms with E-state index in [1.165, 1.54) is 0 Å². The van der Waals surface area contributed by atoms with Crippen molar-refractivity contribution in [1.82, 2.24) is 10.2 Å². The topological polar surface area (TPSA) is 87.7 Å². The summed E-state index contributed by atoms with van der Waals surface area (Å²) < 4.78 is 5.15. The lowest BCUT2D eigenvalue weighted by molar-refractivity contribution is -0.154. The Hall–Kier alpha value is -2.57. The number of anilines is 1. The lowest BCUT2D eigenvalue weighted by Gasteiger charge is -2.31. The monoisotopic (exact) mass is 375 g/mol. The molecule has 0 bridgehead atoms. The van der Waals surface area contributed by atoms with Crippen LogP contribution in [0.5, 0.6) is 0 Å². The van der Waals surface area contributed by atoms with Gasteiger partial charge >= 0.3 is 12.0 Å². The highest BCUT2D eigenvalue weighted by Gasteiger charge is 2.29. The van der Waals surface area contributed by atoms with Crippen molar-refractivity contribution in [3.63, 3.8) is 0 Å². The van der Waals surface area contributed by atoms with E-state index in [0.717, 1.165) is 5.69 Å². The zero-order chi connectivity index (χ0) is 19.8.